The summed E-state index contributed by atoms with van der Waals surface area (Å²) in [6, 6.07) is 5.15. The number of ether oxygens (including phenoxy) is 1. The van der Waals surface area contributed by atoms with Crippen LogP contribution in [0.3, 0.4) is 0 Å². The number of nitrogen functional groups attached to an aromatic ring is 2. The first-order chi connectivity index (χ1) is 8.61. The van der Waals surface area contributed by atoms with Crippen molar-refractivity contribution < 1.29 is 9.53 Å². The first kappa shape index (κ1) is 12.0. The molecule has 0 unspecified atom stereocenters. The lowest BCUT2D eigenvalue weighted by atomic mass is 10.2. The average molecular weight is 246 g/mol. The highest BCUT2D eigenvalue weighted by molar-refractivity contribution is 5.88. The number of carbonyl (C=O) groups excluding carboxylic acids is 1. The summed E-state index contributed by atoms with van der Waals surface area (Å²) < 4.78 is 6.43. The number of benzene rings is 1. The molecule has 0 radical (unpaired) electrons. The molecule has 6 nitrogen and oxygen atoms in total. The predicted octanol–water partition coefficient (Wildman–Crippen LogP) is 1.21. The van der Waals surface area contributed by atoms with E-state index in [0.717, 1.165) is 5.69 Å². The molecular formula is C12H14N4O2. The summed E-state index contributed by atoms with van der Waals surface area (Å²) in [5.41, 5.74) is 13.5. The van der Waals surface area contributed by atoms with Gasteiger partial charge in [0.15, 0.2) is 0 Å². The number of nitrogens with zero attached hydrogens (tertiary/aromatic N) is 2. The molecule has 0 fully saturated rings. The summed E-state index contributed by atoms with van der Waals surface area (Å²) in [4.78, 5) is 11.5. The van der Waals surface area contributed by atoms with E-state index < -0.39 is 5.97 Å². The number of esters is 1. The standard InChI is InChI=1S/C12H14N4O2/c1-2-18-12(17)8-6-15-16(7-8)9-3-4-10(13)11(14)5-9/h3-7H,2,13-14H2,1H3. The van der Waals surface area contributed by atoms with Crippen molar-refractivity contribution in [2.75, 3.05) is 18.1 Å². The van der Waals surface area contributed by atoms with Crippen LogP contribution in [0.1, 0.15) is 17.3 Å². The molecule has 0 spiro atoms. The van der Waals surface area contributed by atoms with Crippen molar-refractivity contribution in [3.8, 4) is 5.69 Å². The van der Waals surface area contributed by atoms with Gasteiger partial charge >= 0.3 is 5.97 Å². The van der Waals surface area contributed by atoms with Crippen LogP contribution < -0.4 is 11.5 Å². The maximum absolute atomic E-state index is 11.5. The molecule has 1 heterocycles. The Kier molecular flexibility index (Phi) is 3.18. The molecule has 6 heteroatoms. The third kappa shape index (κ3) is 2.27. The summed E-state index contributed by atoms with van der Waals surface area (Å²) in [5, 5.41) is 4.08. The highest BCUT2D eigenvalue weighted by Crippen LogP contribution is 2.18. The van der Waals surface area contributed by atoms with Crippen LogP contribution in [0, 0.1) is 0 Å². The Hall–Kier alpha value is -2.50. The SMILES string of the molecule is CCOC(=O)c1cnn(-c2ccc(N)c(N)c2)c1. The van der Waals surface area contributed by atoms with Gasteiger partial charge in [0, 0.05) is 6.20 Å². The molecule has 0 aliphatic rings. The number of aromatic nitrogens is 2. The fourth-order valence-electron chi connectivity index (χ4n) is 1.49. The van der Waals surface area contributed by atoms with Gasteiger partial charge in [0.1, 0.15) is 0 Å². The minimum atomic E-state index is -0.396. The number of carbonyl (C=O) groups is 1. The van der Waals surface area contributed by atoms with Crippen molar-refractivity contribution >= 4 is 17.3 Å². The minimum Gasteiger partial charge on any atom is -0.462 e. The van der Waals surface area contributed by atoms with E-state index in [1.54, 1.807) is 36.0 Å². The summed E-state index contributed by atoms with van der Waals surface area (Å²) in [7, 11) is 0. The van der Waals surface area contributed by atoms with Crippen LogP contribution in [0.4, 0.5) is 11.4 Å². The Morgan fingerprint density at radius 1 is 1.39 bits per heavy atom. The minimum absolute atomic E-state index is 0.332. The maximum atomic E-state index is 11.5. The molecule has 0 saturated carbocycles. The van der Waals surface area contributed by atoms with Crippen molar-refractivity contribution in [1.82, 2.24) is 9.78 Å². The summed E-state index contributed by atoms with van der Waals surface area (Å²) >= 11 is 0. The second-order valence-electron chi connectivity index (χ2n) is 3.71. The molecule has 0 amide bonds. The highest BCUT2D eigenvalue weighted by atomic mass is 16.5. The van der Waals surface area contributed by atoms with E-state index in [1.165, 1.54) is 6.20 Å². The van der Waals surface area contributed by atoms with Crippen molar-refractivity contribution in [1.29, 1.82) is 0 Å². The van der Waals surface area contributed by atoms with Crippen molar-refractivity contribution in [3.63, 3.8) is 0 Å². The molecule has 0 bridgehead atoms. The van der Waals surface area contributed by atoms with Gasteiger partial charge in [0.05, 0.1) is 35.4 Å². The fraction of sp³-hybridized carbons (Fsp3) is 0.167. The lowest BCUT2D eigenvalue weighted by Gasteiger charge is -2.04. The number of hydrogen-bond donors (Lipinski definition) is 2. The topological polar surface area (TPSA) is 96.2 Å². The molecule has 18 heavy (non-hydrogen) atoms. The van der Waals surface area contributed by atoms with Gasteiger partial charge in [-0.05, 0) is 25.1 Å². The van der Waals surface area contributed by atoms with Crippen LogP contribution >= 0.6 is 0 Å². The molecule has 0 atom stereocenters. The lowest BCUT2D eigenvalue weighted by molar-refractivity contribution is 0.0526. The van der Waals surface area contributed by atoms with E-state index in [9.17, 15) is 4.79 Å². The van der Waals surface area contributed by atoms with Crippen LogP contribution in [0.25, 0.3) is 5.69 Å². The molecule has 2 rings (SSSR count). The number of anilines is 2. The molecule has 0 saturated heterocycles. The van der Waals surface area contributed by atoms with Gasteiger partial charge < -0.3 is 16.2 Å². The van der Waals surface area contributed by atoms with Crippen molar-refractivity contribution in [2.24, 2.45) is 0 Å². The monoisotopic (exact) mass is 246 g/mol. The molecule has 4 N–H and O–H groups in total. The van der Waals surface area contributed by atoms with Crippen molar-refractivity contribution in [3.05, 3.63) is 36.2 Å². The molecule has 1 aromatic heterocycles. The first-order valence-electron chi connectivity index (χ1n) is 5.49. The average Bonchev–Trinajstić information content (AvgIpc) is 2.82. The highest BCUT2D eigenvalue weighted by Gasteiger charge is 2.10. The first-order valence-corrected chi connectivity index (χ1v) is 5.49. The van der Waals surface area contributed by atoms with Gasteiger partial charge in [0.2, 0.25) is 0 Å². The van der Waals surface area contributed by atoms with Gasteiger partial charge in [-0.25, -0.2) is 9.48 Å². The Balaban J connectivity index is 2.29. The zero-order chi connectivity index (χ0) is 13.1. The van der Waals surface area contributed by atoms with Gasteiger partial charge in [-0.1, -0.05) is 0 Å². The van der Waals surface area contributed by atoms with E-state index in [2.05, 4.69) is 5.10 Å². The molecule has 1 aromatic carbocycles. The molecular weight excluding hydrogens is 232 g/mol. The Morgan fingerprint density at radius 3 is 2.83 bits per heavy atom. The van der Waals surface area contributed by atoms with Crippen molar-refractivity contribution in [2.45, 2.75) is 6.92 Å². The van der Waals surface area contributed by atoms with Crippen LogP contribution in [0.15, 0.2) is 30.6 Å². The quantitative estimate of drug-likeness (QED) is 0.627. The fourth-order valence-corrected chi connectivity index (χ4v) is 1.49. The normalized spacial score (nSPS) is 10.3. The van der Waals surface area contributed by atoms with Crippen LogP contribution in [-0.4, -0.2) is 22.4 Å². The van der Waals surface area contributed by atoms with Gasteiger partial charge in [0.25, 0.3) is 0 Å². The zero-order valence-corrected chi connectivity index (χ0v) is 9.96. The Labute approximate surface area is 104 Å². The zero-order valence-electron chi connectivity index (χ0n) is 9.96. The Bertz CT molecular complexity index is 577. The maximum Gasteiger partial charge on any atom is 0.341 e. The van der Waals surface area contributed by atoms with E-state index in [0.29, 0.717) is 23.5 Å². The van der Waals surface area contributed by atoms with E-state index in [4.69, 9.17) is 16.2 Å². The third-order valence-corrected chi connectivity index (χ3v) is 2.43. The lowest BCUT2D eigenvalue weighted by Crippen LogP contribution is -2.03. The molecule has 0 aliphatic carbocycles. The predicted molar refractivity (Wildman–Crippen MR) is 68.3 cm³/mol. The summed E-state index contributed by atoms with van der Waals surface area (Å²) in [5.74, 6) is -0.396. The van der Waals surface area contributed by atoms with Crippen LogP contribution in [0.5, 0.6) is 0 Å². The second kappa shape index (κ2) is 4.79. The summed E-state index contributed by atoms with van der Waals surface area (Å²) in [6.07, 6.45) is 3.04. The van der Waals surface area contributed by atoms with E-state index >= 15 is 0 Å². The van der Waals surface area contributed by atoms with Crippen LogP contribution in [0.2, 0.25) is 0 Å². The smallest absolute Gasteiger partial charge is 0.341 e. The molecule has 2 aromatic rings. The van der Waals surface area contributed by atoms with E-state index in [1.807, 2.05) is 0 Å². The Morgan fingerprint density at radius 2 is 2.17 bits per heavy atom. The number of hydrogen-bond acceptors (Lipinski definition) is 5. The second-order valence-corrected chi connectivity index (χ2v) is 3.71. The van der Waals surface area contributed by atoms with Crippen LogP contribution in [-0.2, 0) is 4.74 Å². The van der Waals surface area contributed by atoms with Gasteiger partial charge in [-0.2, -0.15) is 5.10 Å². The van der Waals surface area contributed by atoms with Gasteiger partial charge in [-0.15, -0.1) is 0 Å². The largest absolute Gasteiger partial charge is 0.462 e. The third-order valence-electron chi connectivity index (χ3n) is 2.43. The van der Waals surface area contributed by atoms with E-state index in [-0.39, 0.29) is 0 Å². The van der Waals surface area contributed by atoms with Gasteiger partial charge in [-0.3, -0.25) is 0 Å². The number of rotatable bonds is 3. The number of nitrogens with two attached hydrogens (primary N) is 2. The molecule has 94 valence electrons. The molecule has 0 aliphatic heterocycles. The summed E-state index contributed by atoms with van der Waals surface area (Å²) in [6.45, 7) is 2.09.